The second-order valence-corrected chi connectivity index (χ2v) is 8.33. The lowest BCUT2D eigenvalue weighted by Gasteiger charge is -2.25. The molecular weight excluding hydrogens is 429 g/mol. The van der Waals surface area contributed by atoms with Crippen molar-refractivity contribution in [1.29, 1.82) is 0 Å². The lowest BCUT2D eigenvalue weighted by atomic mass is 10.1. The maximum Gasteiger partial charge on any atom is 0.416 e. The number of hydrogen-bond donors (Lipinski definition) is 0. The fourth-order valence-corrected chi connectivity index (χ4v) is 3.71. The number of halogens is 4. The molecule has 0 fully saturated rings. The van der Waals surface area contributed by atoms with E-state index in [1.165, 1.54) is 15.9 Å². The summed E-state index contributed by atoms with van der Waals surface area (Å²) in [5, 5.41) is 0. The van der Waals surface area contributed by atoms with Gasteiger partial charge in [0.15, 0.2) is 0 Å². The topological polar surface area (TPSA) is 40.6 Å². The van der Waals surface area contributed by atoms with Gasteiger partial charge in [0, 0.05) is 30.9 Å². The second kappa shape index (κ2) is 9.30. The van der Waals surface area contributed by atoms with Crippen molar-refractivity contribution in [3.8, 4) is 0 Å². The van der Waals surface area contributed by atoms with Crippen molar-refractivity contribution >= 4 is 29.1 Å². The SMILES string of the molecule is CC(C)CCN(C(=O)CCl)c1cc(C(=O)N2Cc3ccccc3C2)cc(C(F)(F)F)c1. The molecule has 0 radical (unpaired) electrons. The van der Waals surface area contributed by atoms with E-state index in [1.54, 1.807) is 0 Å². The second-order valence-electron chi connectivity index (χ2n) is 8.06. The van der Waals surface area contributed by atoms with E-state index < -0.39 is 23.6 Å². The number of amides is 2. The zero-order valence-electron chi connectivity index (χ0n) is 17.4. The highest BCUT2D eigenvalue weighted by Gasteiger charge is 2.34. The quantitative estimate of drug-likeness (QED) is 0.544. The van der Waals surface area contributed by atoms with Crippen LogP contribution >= 0.6 is 11.6 Å². The summed E-state index contributed by atoms with van der Waals surface area (Å²) in [4.78, 5) is 28.2. The minimum absolute atomic E-state index is 0.0289. The van der Waals surface area contributed by atoms with Gasteiger partial charge in [0.2, 0.25) is 5.91 Å². The van der Waals surface area contributed by atoms with Crippen molar-refractivity contribution in [2.75, 3.05) is 17.3 Å². The summed E-state index contributed by atoms with van der Waals surface area (Å²) in [7, 11) is 0. The molecule has 2 aromatic rings. The third-order valence-electron chi connectivity index (χ3n) is 5.28. The van der Waals surface area contributed by atoms with Crippen molar-refractivity contribution < 1.29 is 22.8 Å². The molecule has 166 valence electrons. The van der Waals surface area contributed by atoms with E-state index in [0.29, 0.717) is 19.5 Å². The summed E-state index contributed by atoms with van der Waals surface area (Å²) in [6, 6.07) is 10.6. The smallest absolute Gasteiger partial charge is 0.330 e. The number of carbonyl (C=O) groups excluding carboxylic acids is 2. The standard InChI is InChI=1S/C23H24ClF3N2O2/c1-15(2)7-8-29(21(30)12-24)20-10-18(9-19(11-20)23(25,26)27)22(31)28-13-16-5-3-4-6-17(16)14-28/h3-6,9-11,15H,7-8,12-14H2,1-2H3. The number of carbonyl (C=O) groups is 2. The van der Waals surface area contributed by atoms with Crippen LogP contribution in [0.3, 0.4) is 0 Å². The molecule has 0 N–H and O–H groups in total. The highest BCUT2D eigenvalue weighted by molar-refractivity contribution is 6.29. The van der Waals surface area contributed by atoms with Crippen LogP contribution in [0, 0.1) is 5.92 Å². The molecule has 0 aliphatic carbocycles. The van der Waals surface area contributed by atoms with Gasteiger partial charge in [0.25, 0.3) is 5.91 Å². The highest BCUT2D eigenvalue weighted by atomic mass is 35.5. The molecule has 31 heavy (non-hydrogen) atoms. The Morgan fingerprint density at radius 2 is 1.71 bits per heavy atom. The number of fused-ring (bicyclic) bond motifs is 1. The molecule has 0 saturated heterocycles. The van der Waals surface area contributed by atoms with Gasteiger partial charge in [0.05, 0.1) is 5.56 Å². The van der Waals surface area contributed by atoms with E-state index in [9.17, 15) is 22.8 Å². The summed E-state index contributed by atoms with van der Waals surface area (Å²) in [5.74, 6) is -1.14. The molecule has 0 aromatic heterocycles. The van der Waals surface area contributed by atoms with Crippen LogP contribution in [0.4, 0.5) is 18.9 Å². The molecule has 0 saturated carbocycles. The Balaban J connectivity index is 1.98. The lowest BCUT2D eigenvalue weighted by Crippen LogP contribution is -2.34. The molecule has 8 heteroatoms. The summed E-state index contributed by atoms with van der Waals surface area (Å²) in [5.41, 5.74) is 0.899. The van der Waals surface area contributed by atoms with Gasteiger partial charge in [-0.15, -0.1) is 11.6 Å². The minimum atomic E-state index is -4.66. The largest absolute Gasteiger partial charge is 0.416 e. The fourth-order valence-electron chi connectivity index (χ4n) is 3.57. The minimum Gasteiger partial charge on any atom is -0.330 e. The van der Waals surface area contributed by atoms with Gasteiger partial charge in [-0.1, -0.05) is 38.1 Å². The number of rotatable bonds is 6. The monoisotopic (exact) mass is 452 g/mol. The van der Waals surface area contributed by atoms with E-state index in [0.717, 1.165) is 23.3 Å². The molecular formula is C23H24ClF3N2O2. The van der Waals surface area contributed by atoms with Crippen LogP contribution in [0.1, 0.15) is 47.3 Å². The molecule has 1 aliphatic heterocycles. The number of hydrogen-bond acceptors (Lipinski definition) is 2. The van der Waals surface area contributed by atoms with Crippen LogP contribution in [0.15, 0.2) is 42.5 Å². The Morgan fingerprint density at radius 1 is 1.10 bits per heavy atom. The number of alkyl halides is 4. The predicted octanol–water partition coefficient (Wildman–Crippen LogP) is 5.48. The molecule has 0 spiro atoms. The van der Waals surface area contributed by atoms with Crippen molar-refractivity contribution in [1.82, 2.24) is 4.90 Å². The molecule has 3 rings (SSSR count). The van der Waals surface area contributed by atoms with E-state index in [4.69, 9.17) is 11.6 Å². The molecule has 2 amide bonds. The third kappa shape index (κ3) is 5.39. The van der Waals surface area contributed by atoms with Crippen LogP contribution in [-0.4, -0.2) is 29.1 Å². The Labute approximate surface area is 184 Å². The number of benzene rings is 2. The van der Waals surface area contributed by atoms with Crippen LogP contribution in [-0.2, 0) is 24.1 Å². The number of anilines is 1. The lowest BCUT2D eigenvalue weighted by molar-refractivity contribution is -0.137. The first-order valence-electron chi connectivity index (χ1n) is 10.0. The first-order valence-corrected chi connectivity index (χ1v) is 10.6. The Bertz CT molecular complexity index is 951. The van der Waals surface area contributed by atoms with Gasteiger partial charge in [-0.05, 0) is 41.7 Å². The van der Waals surface area contributed by atoms with Gasteiger partial charge in [0.1, 0.15) is 5.88 Å². The van der Waals surface area contributed by atoms with E-state index >= 15 is 0 Å². The van der Waals surface area contributed by atoms with E-state index in [-0.39, 0.29) is 29.6 Å². The molecule has 0 bridgehead atoms. The molecule has 0 atom stereocenters. The van der Waals surface area contributed by atoms with E-state index in [2.05, 4.69) is 0 Å². The zero-order valence-corrected chi connectivity index (χ0v) is 18.1. The Hall–Kier alpha value is -2.54. The van der Waals surface area contributed by atoms with Crippen LogP contribution in [0.25, 0.3) is 0 Å². The van der Waals surface area contributed by atoms with Crippen LogP contribution in [0.2, 0.25) is 0 Å². The van der Waals surface area contributed by atoms with E-state index in [1.807, 2.05) is 38.1 Å². The predicted molar refractivity (Wildman–Crippen MR) is 114 cm³/mol. The van der Waals surface area contributed by atoms with Crippen molar-refractivity contribution in [2.45, 2.75) is 39.5 Å². The van der Waals surface area contributed by atoms with Crippen molar-refractivity contribution in [3.63, 3.8) is 0 Å². The Morgan fingerprint density at radius 3 is 2.23 bits per heavy atom. The summed E-state index contributed by atoms with van der Waals surface area (Å²) in [6.45, 7) is 4.79. The molecule has 0 unspecified atom stereocenters. The zero-order chi connectivity index (χ0) is 22.8. The molecule has 1 heterocycles. The molecule has 2 aromatic carbocycles. The first kappa shape index (κ1) is 23.1. The molecule has 1 aliphatic rings. The van der Waals surface area contributed by atoms with Crippen molar-refractivity contribution in [2.24, 2.45) is 5.92 Å². The van der Waals surface area contributed by atoms with Crippen LogP contribution in [0.5, 0.6) is 0 Å². The van der Waals surface area contributed by atoms with Gasteiger partial charge >= 0.3 is 6.18 Å². The Kier molecular flexibility index (Phi) is 6.94. The van der Waals surface area contributed by atoms with Gasteiger partial charge in [-0.25, -0.2) is 0 Å². The van der Waals surface area contributed by atoms with Crippen LogP contribution < -0.4 is 4.90 Å². The molecule has 4 nitrogen and oxygen atoms in total. The average Bonchev–Trinajstić information content (AvgIpc) is 3.16. The number of nitrogens with zero attached hydrogens (tertiary/aromatic N) is 2. The van der Waals surface area contributed by atoms with Gasteiger partial charge in [-0.3, -0.25) is 9.59 Å². The third-order valence-corrected chi connectivity index (χ3v) is 5.51. The maximum atomic E-state index is 13.6. The normalized spacial score (nSPS) is 13.5. The maximum absolute atomic E-state index is 13.6. The average molecular weight is 453 g/mol. The summed E-state index contributed by atoms with van der Waals surface area (Å²) < 4.78 is 40.8. The fraction of sp³-hybridized carbons (Fsp3) is 0.391. The highest BCUT2D eigenvalue weighted by Crippen LogP contribution is 2.34. The van der Waals surface area contributed by atoms with Gasteiger partial charge < -0.3 is 9.80 Å². The summed E-state index contributed by atoms with van der Waals surface area (Å²) >= 11 is 5.71. The van der Waals surface area contributed by atoms with Crippen molar-refractivity contribution in [3.05, 3.63) is 64.7 Å². The van der Waals surface area contributed by atoms with Gasteiger partial charge in [-0.2, -0.15) is 13.2 Å². The summed E-state index contributed by atoms with van der Waals surface area (Å²) in [6.07, 6.45) is -4.07. The first-order chi connectivity index (χ1) is 14.6.